The van der Waals surface area contributed by atoms with Crippen molar-refractivity contribution in [3.63, 3.8) is 0 Å². The third kappa shape index (κ3) is 1.34. The van der Waals surface area contributed by atoms with Crippen LogP contribution in [0.2, 0.25) is 0 Å². The minimum Gasteiger partial charge on any atom is -0.445 e. The Morgan fingerprint density at radius 3 is 2.41 bits per heavy atom. The molecule has 0 saturated heterocycles. The molecular weight excluding hydrogens is 272 g/mol. The minimum absolute atomic E-state index is 0.206. The molecule has 112 valence electrons. The zero-order valence-corrected chi connectivity index (χ0v) is 13.4. The van der Waals surface area contributed by atoms with Crippen molar-refractivity contribution < 1.29 is 9.53 Å². The number of carbonyl (C=O) groups is 1. The van der Waals surface area contributed by atoms with Crippen LogP contribution in [0, 0.1) is 0 Å². The van der Waals surface area contributed by atoms with E-state index >= 15 is 0 Å². The Labute approximate surface area is 131 Å². The molecule has 1 spiro atoms. The average Bonchev–Trinajstić information content (AvgIpc) is 2.83. The van der Waals surface area contributed by atoms with E-state index in [9.17, 15) is 4.79 Å². The van der Waals surface area contributed by atoms with Crippen molar-refractivity contribution in [2.24, 2.45) is 0 Å². The van der Waals surface area contributed by atoms with Crippen molar-refractivity contribution in [1.29, 1.82) is 0 Å². The third-order valence-electron chi connectivity index (χ3n) is 5.42. The fourth-order valence-corrected chi connectivity index (χ4v) is 4.09. The van der Waals surface area contributed by atoms with Crippen LogP contribution in [0.5, 0.6) is 0 Å². The summed E-state index contributed by atoms with van der Waals surface area (Å²) in [5, 5.41) is 0. The summed E-state index contributed by atoms with van der Waals surface area (Å²) in [5.74, 6) is 0.290. The molecule has 2 aromatic rings. The minimum atomic E-state index is -0.620. The second kappa shape index (κ2) is 4.01. The smallest absolute Gasteiger partial charge is 0.339 e. The van der Waals surface area contributed by atoms with Crippen LogP contribution < -0.4 is 0 Å². The lowest BCUT2D eigenvalue weighted by atomic mass is 9.52. The Kier molecular flexibility index (Phi) is 2.47. The second-order valence-electron chi connectivity index (χ2n) is 7.20. The van der Waals surface area contributed by atoms with Gasteiger partial charge in [0.2, 0.25) is 0 Å². The van der Waals surface area contributed by atoms with Gasteiger partial charge < -0.3 is 4.74 Å². The van der Waals surface area contributed by atoms with Crippen LogP contribution >= 0.6 is 0 Å². The molecule has 2 nitrogen and oxygen atoms in total. The van der Waals surface area contributed by atoms with Crippen molar-refractivity contribution in [3.8, 4) is 0 Å². The van der Waals surface area contributed by atoms with Gasteiger partial charge in [-0.05, 0) is 23.1 Å². The van der Waals surface area contributed by atoms with Gasteiger partial charge in [-0.1, -0.05) is 64.1 Å². The summed E-state index contributed by atoms with van der Waals surface area (Å²) in [4.78, 5) is 12.3. The normalized spacial score (nSPS) is 24.0. The molecule has 0 aromatic heterocycles. The summed E-state index contributed by atoms with van der Waals surface area (Å²) in [6, 6.07) is 14.4. The number of hydrogen-bond acceptors (Lipinski definition) is 2. The first-order valence-corrected chi connectivity index (χ1v) is 7.87. The molecular formula is C20H20O2. The van der Waals surface area contributed by atoms with Crippen molar-refractivity contribution in [1.82, 2.24) is 0 Å². The van der Waals surface area contributed by atoms with Crippen LogP contribution in [0.1, 0.15) is 66.2 Å². The Bertz CT molecular complexity index is 801. The molecule has 2 aliphatic rings. The molecule has 0 bridgehead atoms. The van der Waals surface area contributed by atoms with Crippen molar-refractivity contribution in [3.05, 3.63) is 70.3 Å². The molecule has 2 aromatic carbocycles. The van der Waals surface area contributed by atoms with Crippen LogP contribution in [0.25, 0.3) is 0 Å². The molecule has 0 N–H and O–H groups in total. The quantitative estimate of drug-likeness (QED) is 0.723. The number of rotatable bonds is 1. The molecule has 1 atom stereocenters. The van der Waals surface area contributed by atoms with Crippen LogP contribution in [-0.4, -0.2) is 5.97 Å². The maximum atomic E-state index is 12.3. The van der Waals surface area contributed by atoms with Gasteiger partial charge in [0.15, 0.2) is 5.60 Å². The van der Waals surface area contributed by atoms with E-state index in [0.29, 0.717) is 11.5 Å². The Balaban J connectivity index is 1.97. The highest BCUT2D eigenvalue weighted by molar-refractivity contribution is 5.96. The van der Waals surface area contributed by atoms with Crippen molar-refractivity contribution in [2.75, 3.05) is 0 Å². The van der Waals surface area contributed by atoms with Crippen LogP contribution in [0.3, 0.4) is 0 Å². The number of ether oxygens (including phenoxy) is 1. The third-order valence-corrected chi connectivity index (χ3v) is 5.42. The maximum absolute atomic E-state index is 12.3. The molecule has 1 aliphatic carbocycles. The van der Waals surface area contributed by atoms with Gasteiger partial charge in [-0.25, -0.2) is 4.79 Å². The molecule has 1 heterocycles. The summed E-state index contributed by atoms with van der Waals surface area (Å²) in [5.41, 5.74) is 4.65. The molecule has 2 heteroatoms. The van der Waals surface area contributed by atoms with Gasteiger partial charge in [-0.3, -0.25) is 0 Å². The lowest BCUT2D eigenvalue weighted by molar-refractivity contribution is -0.0430. The number of hydrogen-bond donors (Lipinski definition) is 0. The number of esters is 1. The van der Waals surface area contributed by atoms with Gasteiger partial charge in [0.25, 0.3) is 0 Å². The summed E-state index contributed by atoms with van der Waals surface area (Å²) in [6.45, 7) is 8.76. The van der Waals surface area contributed by atoms with E-state index in [1.165, 1.54) is 11.1 Å². The zero-order valence-electron chi connectivity index (χ0n) is 13.4. The van der Waals surface area contributed by atoms with Gasteiger partial charge in [0, 0.05) is 16.5 Å². The molecule has 22 heavy (non-hydrogen) atoms. The number of fused-ring (bicyclic) bond motifs is 4. The van der Waals surface area contributed by atoms with Gasteiger partial charge >= 0.3 is 5.97 Å². The predicted molar refractivity (Wildman–Crippen MR) is 86.2 cm³/mol. The molecule has 0 radical (unpaired) electrons. The lowest BCUT2D eigenvalue weighted by Crippen LogP contribution is -2.56. The summed E-state index contributed by atoms with van der Waals surface area (Å²) in [6.07, 6.45) is 0. The number of carbonyl (C=O) groups excluding carboxylic acids is 1. The Morgan fingerprint density at radius 2 is 1.68 bits per heavy atom. The summed E-state index contributed by atoms with van der Waals surface area (Å²) >= 11 is 0. The van der Waals surface area contributed by atoms with E-state index in [2.05, 4.69) is 45.9 Å². The van der Waals surface area contributed by atoms with Gasteiger partial charge in [0.05, 0.1) is 5.56 Å². The Hall–Kier alpha value is -2.09. The molecule has 1 unspecified atom stereocenters. The molecule has 0 saturated carbocycles. The maximum Gasteiger partial charge on any atom is 0.339 e. The predicted octanol–water partition coefficient (Wildman–Crippen LogP) is 4.52. The van der Waals surface area contributed by atoms with Gasteiger partial charge in [0.1, 0.15) is 0 Å². The van der Waals surface area contributed by atoms with Gasteiger partial charge in [-0.15, -0.1) is 0 Å². The average molecular weight is 292 g/mol. The van der Waals surface area contributed by atoms with Crippen LogP contribution in [0.4, 0.5) is 0 Å². The standard InChI is InChI=1S/C20H20O2/c1-12(2)13-9-10-16-17(11-13)19(3,4)20(16)15-8-6-5-7-14(15)18(21)22-20/h5-12H,1-4H3. The molecule has 0 amide bonds. The van der Waals surface area contributed by atoms with E-state index in [0.717, 1.165) is 11.1 Å². The largest absolute Gasteiger partial charge is 0.445 e. The SMILES string of the molecule is CC(C)c1ccc2c(c1)C(C)(C)C21OC(=O)c2ccccc21. The highest BCUT2D eigenvalue weighted by Gasteiger charge is 2.65. The first-order chi connectivity index (χ1) is 10.4. The molecule has 0 fully saturated rings. The Morgan fingerprint density at radius 1 is 0.955 bits per heavy atom. The van der Waals surface area contributed by atoms with E-state index in [1.54, 1.807) is 0 Å². The second-order valence-corrected chi connectivity index (χ2v) is 7.20. The van der Waals surface area contributed by atoms with Crippen LogP contribution in [-0.2, 0) is 15.8 Å². The lowest BCUT2D eigenvalue weighted by Gasteiger charge is -2.54. The zero-order chi connectivity index (χ0) is 15.7. The van der Waals surface area contributed by atoms with E-state index in [1.807, 2.05) is 24.3 Å². The van der Waals surface area contributed by atoms with Gasteiger partial charge in [-0.2, -0.15) is 0 Å². The first-order valence-electron chi connectivity index (χ1n) is 7.87. The van der Waals surface area contributed by atoms with E-state index in [-0.39, 0.29) is 11.4 Å². The van der Waals surface area contributed by atoms with Crippen LogP contribution in [0.15, 0.2) is 42.5 Å². The summed E-state index contributed by atoms with van der Waals surface area (Å²) in [7, 11) is 0. The monoisotopic (exact) mass is 292 g/mol. The molecule has 1 aliphatic heterocycles. The molecule has 4 rings (SSSR count). The fraction of sp³-hybridized carbons (Fsp3) is 0.350. The highest BCUT2D eigenvalue weighted by atomic mass is 16.6. The summed E-state index contributed by atoms with van der Waals surface area (Å²) < 4.78 is 5.96. The van der Waals surface area contributed by atoms with Crippen molar-refractivity contribution in [2.45, 2.75) is 44.6 Å². The number of benzene rings is 2. The topological polar surface area (TPSA) is 26.3 Å². The fourth-order valence-electron chi connectivity index (χ4n) is 4.09. The van der Waals surface area contributed by atoms with Crippen molar-refractivity contribution >= 4 is 5.97 Å². The first kappa shape index (κ1) is 13.6. The highest BCUT2D eigenvalue weighted by Crippen LogP contribution is 2.63. The van der Waals surface area contributed by atoms with E-state index < -0.39 is 5.60 Å². The van der Waals surface area contributed by atoms with E-state index in [4.69, 9.17) is 4.74 Å².